The van der Waals surface area contributed by atoms with Crippen LogP contribution in [0.15, 0.2) is 47.1 Å². The van der Waals surface area contributed by atoms with Crippen molar-refractivity contribution in [2.45, 2.75) is 50.9 Å². The molecule has 176 valence electrons. The Kier molecular flexibility index (Phi) is 5.63. The highest BCUT2D eigenvalue weighted by atomic mass is 19.4. The van der Waals surface area contributed by atoms with E-state index in [0.29, 0.717) is 17.2 Å². The summed E-state index contributed by atoms with van der Waals surface area (Å²) in [5.74, 6) is 0.264. The van der Waals surface area contributed by atoms with Crippen LogP contribution in [0.5, 0.6) is 5.75 Å². The Balaban J connectivity index is 1.65. The standard InChI is InChI=1S/C23H25F3N4O3/c1-22(2,3)13-7-8-17(32-4)14(10-13)28-21(31)16-12-20-27-15(18-6-5-9-33-18)11-19(23(24,25)26)30(20)29-16/h5-10,12,15,19,27H,11H2,1-4H3,(H,28,31)/t15-,19+/m0/s1. The van der Waals surface area contributed by atoms with E-state index >= 15 is 0 Å². The topological polar surface area (TPSA) is 81.3 Å². The Morgan fingerprint density at radius 2 is 2.00 bits per heavy atom. The summed E-state index contributed by atoms with van der Waals surface area (Å²) in [5.41, 5.74) is 1.05. The number of hydrogen-bond donors (Lipinski definition) is 2. The number of benzene rings is 1. The molecule has 4 rings (SSSR count). The molecule has 0 spiro atoms. The van der Waals surface area contributed by atoms with E-state index in [0.717, 1.165) is 10.2 Å². The van der Waals surface area contributed by atoms with E-state index in [9.17, 15) is 18.0 Å². The molecule has 0 unspecified atom stereocenters. The van der Waals surface area contributed by atoms with Crippen molar-refractivity contribution in [2.24, 2.45) is 0 Å². The average molecular weight is 462 g/mol. The van der Waals surface area contributed by atoms with Gasteiger partial charge in [-0.25, -0.2) is 4.68 Å². The molecule has 3 heterocycles. The van der Waals surface area contributed by atoms with Crippen molar-refractivity contribution in [3.63, 3.8) is 0 Å². The van der Waals surface area contributed by atoms with Crippen LogP contribution in [0.1, 0.15) is 61.1 Å². The summed E-state index contributed by atoms with van der Waals surface area (Å²) in [4.78, 5) is 13.0. The van der Waals surface area contributed by atoms with Crippen LogP contribution in [0, 0.1) is 0 Å². The highest BCUT2D eigenvalue weighted by Gasteiger charge is 2.47. The SMILES string of the molecule is COc1ccc(C(C)(C)C)cc1NC(=O)c1cc2n(n1)[C@@H](C(F)(F)F)C[C@@H](c1ccco1)N2. The molecule has 0 bridgehead atoms. The molecular weight excluding hydrogens is 437 g/mol. The van der Waals surface area contributed by atoms with Gasteiger partial charge in [-0.05, 0) is 35.2 Å². The zero-order valence-corrected chi connectivity index (χ0v) is 18.7. The normalized spacial score (nSPS) is 18.4. The lowest BCUT2D eigenvalue weighted by molar-refractivity contribution is -0.174. The molecule has 0 saturated heterocycles. The number of methoxy groups -OCH3 is 1. The number of ether oxygens (including phenoxy) is 1. The number of alkyl halides is 3. The number of rotatable bonds is 4. The van der Waals surface area contributed by atoms with E-state index in [1.165, 1.54) is 19.4 Å². The average Bonchev–Trinajstić information content (AvgIpc) is 3.41. The van der Waals surface area contributed by atoms with Gasteiger partial charge < -0.3 is 19.8 Å². The Morgan fingerprint density at radius 3 is 2.61 bits per heavy atom. The Morgan fingerprint density at radius 1 is 1.24 bits per heavy atom. The number of amides is 1. The molecule has 2 atom stereocenters. The maximum absolute atomic E-state index is 13.8. The van der Waals surface area contributed by atoms with Crippen LogP contribution in [-0.4, -0.2) is 29.0 Å². The number of nitrogens with zero attached hydrogens (tertiary/aromatic N) is 2. The van der Waals surface area contributed by atoms with E-state index in [1.807, 2.05) is 26.8 Å². The van der Waals surface area contributed by atoms with E-state index in [4.69, 9.17) is 9.15 Å². The van der Waals surface area contributed by atoms with Gasteiger partial charge in [0.1, 0.15) is 17.3 Å². The summed E-state index contributed by atoms with van der Waals surface area (Å²) in [5, 5.41) is 9.71. The van der Waals surface area contributed by atoms with Gasteiger partial charge in [-0.1, -0.05) is 26.8 Å². The molecule has 1 amide bonds. The minimum absolute atomic E-state index is 0.0885. The smallest absolute Gasteiger partial charge is 0.410 e. The fourth-order valence-electron chi connectivity index (χ4n) is 3.82. The van der Waals surface area contributed by atoms with Gasteiger partial charge >= 0.3 is 6.18 Å². The molecule has 0 aliphatic carbocycles. The first-order chi connectivity index (χ1) is 15.5. The number of carbonyl (C=O) groups excluding carboxylic acids is 1. The first-order valence-corrected chi connectivity index (χ1v) is 10.4. The Labute approximate surface area is 188 Å². The third-order valence-corrected chi connectivity index (χ3v) is 5.62. The fourth-order valence-corrected chi connectivity index (χ4v) is 3.82. The molecule has 1 aromatic carbocycles. The third kappa shape index (κ3) is 4.55. The van der Waals surface area contributed by atoms with E-state index in [2.05, 4.69) is 15.7 Å². The zero-order chi connectivity index (χ0) is 24.0. The van der Waals surface area contributed by atoms with Gasteiger partial charge in [0.2, 0.25) is 0 Å². The first kappa shape index (κ1) is 22.8. The van der Waals surface area contributed by atoms with Crippen molar-refractivity contribution in [3.8, 4) is 5.75 Å². The van der Waals surface area contributed by atoms with Crippen LogP contribution >= 0.6 is 0 Å². The van der Waals surface area contributed by atoms with E-state index in [1.54, 1.807) is 24.3 Å². The van der Waals surface area contributed by atoms with Gasteiger partial charge in [0.25, 0.3) is 5.91 Å². The van der Waals surface area contributed by atoms with E-state index in [-0.39, 0.29) is 23.3 Å². The predicted octanol–water partition coefficient (Wildman–Crippen LogP) is 5.69. The number of fused-ring (bicyclic) bond motifs is 1. The molecule has 3 aromatic rings. The molecule has 2 N–H and O–H groups in total. The molecular formula is C23H25F3N4O3. The summed E-state index contributed by atoms with van der Waals surface area (Å²) < 4.78 is 52.9. The molecule has 7 nitrogen and oxygen atoms in total. The number of hydrogen-bond acceptors (Lipinski definition) is 5. The number of anilines is 2. The van der Waals surface area contributed by atoms with Crippen molar-refractivity contribution in [3.05, 3.63) is 59.7 Å². The van der Waals surface area contributed by atoms with Crippen molar-refractivity contribution < 1.29 is 27.1 Å². The molecule has 0 fully saturated rings. The number of carbonyl (C=O) groups is 1. The largest absolute Gasteiger partial charge is 0.495 e. The molecule has 2 aromatic heterocycles. The lowest BCUT2D eigenvalue weighted by atomic mass is 9.87. The van der Waals surface area contributed by atoms with Crippen LogP contribution in [0.4, 0.5) is 24.7 Å². The summed E-state index contributed by atoms with van der Waals surface area (Å²) in [6.45, 7) is 6.09. The van der Waals surface area contributed by atoms with Crippen molar-refractivity contribution in [1.29, 1.82) is 0 Å². The molecule has 1 aliphatic heterocycles. The van der Waals surface area contributed by atoms with Gasteiger partial charge in [0.15, 0.2) is 11.7 Å². The monoisotopic (exact) mass is 462 g/mol. The summed E-state index contributed by atoms with van der Waals surface area (Å²) >= 11 is 0. The number of furan rings is 1. The van der Waals surface area contributed by atoms with Crippen LogP contribution in [0.2, 0.25) is 0 Å². The third-order valence-electron chi connectivity index (χ3n) is 5.62. The molecule has 0 saturated carbocycles. The maximum atomic E-state index is 13.8. The summed E-state index contributed by atoms with van der Waals surface area (Å²) in [6.07, 6.45) is -3.45. The van der Waals surface area contributed by atoms with Gasteiger partial charge in [0.05, 0.1) is 25.1 Å². The summed E-state index contributed by atoms with van der Waals surface area (Å²) in [7, 11) is 1.48. The molecule has 10 heteroatoms. The van der Waals surface area contributed by atoms with E-state index < -0.39 is 24.2 Å². The fraction of sp³-hybridized carbons (Fsp3) is 0.391. The van der Waals surface area contributed by atoms with Gasteiger partial charge in [-0.2, -0.15) is 18.3 Å². The number of aromatic nitrogens is 2. The maximum Gasteiger partial charge on any atom is 0.410 e. The minimum atomic E-state index is -4.55. The first-order valence-electron chi connectivity index (χ1n) is 10.4. The van der Waals surface area contributed by atoms with Crippen LogP contribution in [0.25, 0.3) is 0 Å². The van der Waals surface area contributed by atoms with Crippen LogP contribution in [0.3, 0.4) is 0 Å². The summed E-state index contributed by atoms with van der Waals surface area (Å²) in [6, 6.07) is 7.36. The second kappa shape index (κ2) is 8.17. The van der Waals surface area contributed by atoms with Gasteiger partial charge in [0, 0.05) is 12.5 Å². The highest BCUT2D eigenvalue weighted by molar-refractivity contribution is 6.04. The number of nitrogens with one attached hydrogen (secondary N) is 2. The van der Waals surface area contributed by atoms with Crippen molar-refractivity contribution in [1.82, 2.24) is 9.78 Å². The Hall–Kier alpha value is -3.43. The molecule has 0 radical (unpaired) electrons. The lowest BCUT2D eigenvalue weighted by Gasteiger charge is -2.32. The van der Waals surface area contributed by atoms with Gasteiger partial charge in [-0.3, -0.25) is 4.79 Å². The molecule has 33 heavy (non-hydrogen) atoms. The van der Waals surface area contributed by atoms with Crippen molar-refractivity contribution in [2.75, 3.05) is 17.7 Å². The molecule has 1 aliphatic rings. The second-order valence-corrected chi connectivity index (χ2v) is 8.98. The van der Waals surface area contributed by atoms with Crippen LogP contribution < -0.4 is 15.4 Å². The highest BCUT2D eigenvalue weighted by Crippen LogP contribution is 2.43. The zero-order valence-electron chi connectivity index (χ0n) is 18.7. The van der Waals surface area contributed by atoms with Gasteiger partial charge in [-0.15, -0.1) is 0 Å². The van der Waals surface area contributed by atoms with Crippen LogP contribution in [-0.2, 0) is 5.41 Å². The second-order valence-electron chi connectivity index (χ2n) is 8.98. The van der Waals surface area contributed by atoms with Crippen molar-refractivity contribution >= 4 is 17.4 Å². The number of halogens is 3. The lowest BCUT2D eigenvalue weighted by Crippen LogP contribution is -2.35. The Bertz CT molecular complexity index is 1150. The minimum Gasteiger partial charge on any atom is -0.495 e. The quantitative estimate of drug-likeness (QED) is 0.520. The predicted molar refractivity (Wildman–Crippen MR) is 117 cm³/mol.